The van der Waals surface area contributed by atoms with Gasteiger partial charge >= 0.3 is 12.1 Å². The highest BCUT2D eigenvalue weighted by Gasteiger charge is 2.36. The maximum absolute atomic E-state index is 12.0. The van der Waals surface area contributed by atoms with Gasteiger partial charge in [0.2, 0.25) is 0 Å². The Morgan fingerprint density at radius 2 is 1.89 bits per heavy atom. The van der Waals surface area contributed by atoms with Crippen LogP contribution >= 0.6 is 0 Å². The summed E-state index contributed by atoms with van der Waals surface area (Å²) in [5.74, 6) is 5.73. The van der Waals surface area contributed by atoms with E-state index in [0.29, 0.717) is 19.4 Å². The number of carbonyl (C=O) groups is 1. The largest absolute Gasteiger partial charge is 0.466 e. The lowest BCUT2D eigenvalue weighted by Gasteiger charge is -2.27. The van der Waals surface area contributed by atoms with E-state index in [4.69, 9.17) is 14.3 Å². The van der Waals surface area contributed by atoms with Crippen molar-refractivity contribution < 1.29 is 19.1 Å². The fourth-order valence-electron chi connectivity index (χ4n) is 1.53. The molecule has 0 rings (SSSR count). The Labute approximate surface area is 115 Å². The summed E-state index contributed by atoms with van der Waals surface area (Å²) < 4.78 is 5.15. The molecule has 4 nitrogen and oxygen atoms in total. The second-order valence-corrected chi connectivity index (χ2v) is 3.81. The van der Waals surface area contributed by atoms with Crippen molar-refractivity contribution in [2.45, 2.75) is 47.0 Å². The Morgan fingerprint density at radius 3 is 2.26 bits per heavy atom. The number of rotatable bonds is 6. The van der Waals surface area contributed by atoms with Gasteiger partial charge in [0.1, 0.15) is 0 Å². The number of hydrogen-bond acceptors (Lipinski definition) is 4. The predicted molar refractivity (Wildman–Crippen MR) is 71.9 cm³/mol. The lowest BCUT2D eigenvalue weighted by atomic mass is 9.78. The Kier molecular flexibility index (Phi) is 12.9. The third-order valence-electron chi connectivity index (χ3n) is 2.73. The molecule has 0 aliphatic carbocycles. The average molecular weight is 266 g/mol. The van der Waals surface area contributed by atoms with Crippen LogP contribution in [0, 0.1) is 17.3 Å². The van der Waals surface area contributed by atoms with Crippen molar-refractivity contribution in [3.63, 3.8) is 0 Å². The molecule has 4 heteroatoms. The van der Waals surface area contributed by atoms with Crippen LogP contribution in [-0.4, -0.2) is 18.7 Å². The van der Waals surface area contributed by atoms with Crippen molar-refractivity contribution in [3.8, 4) is 11.8 Å². The van der Waals surface area contributed by atoms with Gasteiger partial charge < -0.3 is 4.74 Å². The molecule has 0 fully saturated rings. The summed E-state index contributed by atoms with van der Waals surface area (Å²) >= 11 is 0. The molecule has 0 spiro atoms. The lowest BCUT2D eigenvalue weighted by molar-refractivity contribution is -0.191. The molecule has 0 amide bonds. The van der Waals surface area contributed by atoms with Gasteiger partial charge in [-0.15, -0.1) is 11.8 Å². The quantitative estimate of drug-likeness (QED) is 0.421. The molecule has 0 N–H and O–H groups in total. The molecule has 1 atom stereocenters. The van der Waals surface area contributed by atoms with Crippen LogP contribution in [0.5, 0.6) is 0 Å². The van der Waals surface area contributed by atoms with E-state index in [1.165, 1.54) is 0 Å². The van der Waals surface area contributed by atoms with Crippen LogP contribution < -0.4 is 0 Å². The maximum Gasteiger partial charge on any atom is 0.373 e. The van der Waals surface area contributed by atoms with Crippen LogP contribution in [0.15, 0.2) is 12.2 Å². The molecule has 0 aromatic rings. The van der Waals surface area contributed by atoms with E-state index in [1.807, 2.05) is 32.9 Å². The topological polar surface area (TPSA) is 60.4 Å². The van der Waals surface area contributed by atoms with Crippen molar-refractivity contribution in [3.05, 3.63) is 12.2 Å². The van der Waals surface area contributed by atoms with Crippen LogP contribution in [-0.2, 0) is 19.1 Å². The molecule has 0 aliphatic heterocycles. The standard InChI is InChI=1S/C14H22O2.CO2/c1-5-9-11-14(7-3,12-10-6-2)13(15)16-8-4;2-1-3/h5,9H,7-8,11-12H2,1-4H3;/b9-5+;. The molecule has 0 aromatic carbocycles. The minimum absolute atomic E-state index is 0.127. The van der Waals surface area contributed by atoms with Crippen LogP contribution in [0.25, 0.3) is 0 Å². The van der Waals surface area contributed by atoms with Gasteiger partial charge in [0.05, 0.1) is 12.0 Å². The summed E-state index contributed by atoms with van der Waals surface area (Å²) in [7, 11) is 0. The van der Waals surface area contributed by atoms with E-state index >= 15 is 0 Å². The molecule has 0 aromatic heterocycles. The van der Waals surface area contributed by atoms with Crippen molar-refractivity contribution >= 4 is 12.1 Å². The molecule has 0 radical (unpaired) electrons. The normalized spacial score (nSPS) is 12.2. The second-order valence-electron chi connectivity index (χ2n) is 3.81. The summed E-state index contributed by atoms with van der Waals surface area (Å²) in [6.07, 6.45) is 6.25. The number of esters is 1. The van der Waals surface area contributed by atoms with Gasteiger partial charge in [-0.25, -0.2) is 0 Å². The van der Waals surface area contributed by atoms with E-state index in [0.717, 1.165) is 6.42 Å². The van der Waals surface area contributed by atoms with Gasteiger partial charge in [0.15, 0.2) is 0 Å². The number of hydrogen-bond donors (Lipinski definition) is 0. The SMILES string of the molecule is CC#CCC(CC)(C/C=C/C)C(=O)OCC.O=C=O. The molecule has 0 bridgehead atoms. The number of allylic oxidation sites excluding steroid dienone is 2. The first kappa shape index (κ1) is 19.5. The fourth-order valence-corrected chi connectivity index (χ4v) is 1.53. The first-order valence-electron chi connectivity index (χ1n) is 6.25. The zero-order valence-corrected chi connectivity index (χ0v) is 12.1. The number of carbonyl (C=O) groups excluding carboxylic acids is 3. The first-order valence-corrected chi connectivity index (χ1v) is 6.25. The van der Waals surface area contributed by atoms with Crippen molar-refractivity contribution in [1.82, 2.24) is 0 Å². The van der Waals surface area contributed by atoms with Crippen LogP contribution in [0.2, 0.25) is 0 Å². The van der Waals surface area contributed by atoms with Crippen LogP contribution in [0.3, 0.4) is 0 Å². The van der Waals surface area contributed by atoms with E-state index in [1.54, 1.807) is 6.92 Å². The zero-order chi connectivity index (χ0) is 15.1. The van der Waals surface area contributed by atoms with Crippen molar-refractivity contribution in [2.24, 2.45) is 5.41 Å². The average Bonchev–Trinajstić information content (AvgIpc) is 2.41. The molecule has 0 heterocycles. The van der Waals surface area contributed by atoms with Crippen LogP contribution in [0.4, 0.5) is 0 Å². The number of ether oxygens (including phenoxy) is 1. The van der Waals surface area contributed by atoms with Gasteiger partial charge in [-0.2, -0.15) is 9.59 Å². The molecular weight excluding hydrogens is 244 g/mol. The van der Waals surface area contributed by atoms with Crippen molar-refractivity contribution in [1.29, 1.82) is 0 Å². The summed E-state index contributed by atoms with van der Waals surface area (Å²) in [5.41, 5.74) is -0.467. The fraction of sp³-hybridized carbons (Fsp3) is 0.600. The first-order chi connectivity index (χ1) is 9.08. The second kappa shape index (κ2) is 12.6. The Balaban J connectivity index is 0. The highest BCUT2D eigenvalue weighted by molar-refractivity contribution is 5.77. The minimum Gasteiger partial charge on any atom is -0.466 e. The minimum atomic E-state index is -0.467. The molecular formula is C15H22O4. The van der Waals surface area contributed by atoms with E-state index in [2.05, 4.69) is 11.8 Å². The smallest absolute Gasteiger partial charge is 0.373 e. The van der Waals surface area contributed by atoms with Crippen LogP contribution in [0.1, 0.15) is 47.0 Å². The maximum atomic E-state index is 12.0. The Hall–Kier alpha value is -1.85. The molecule has 1 unspecified atom stereocenters. The molecule has 0 saturated carbocycles. The van der Waals surface area contributed by atoms with Gasteiger partial charge in [-0.3, -0.25) is 4.79 Å². The summed E-state index contributed by atoms with van der Waals surface area (Å²) in [5, 5.41) is 0. The summed E-state index contributed by atoms with van der Waals surface area (Å²) in [6.45, 7) is 8.02. The van der Waals surface area contributed by atoms with Crippen molar-refractivity contribution in [2.75, 3.05) is 6.61 Å². The molecule has 0 aliphatic rings. The molecule has 19 heavy (non-hydrogen) atoms. The van der Waals surface area contributed by atoms with Gasteiger partial charge in [0.25, 0.3) is 0 Å². The predicted octanol–water partition coefficient (Wildman–Crippen LogP) is 2.74. The van der Waals surface area contributed by atoms with Gasteiger partial charge in [-0.05, 0) is 33.6 Å². The molecule has 0 saturated heterocycles. The lowest BCUT2D eigenvalue weighted by Crippen LogP contribution is -2.31. The Morgan fingerprint density at radius 1 is 1.32 bits per heavy atom. The highest BCUT2D eigenvalue weighted by atomic mass is 16.5. The third kappa shape index (κ3) is 7.96. The van der Waals surface area contributed by atoms with E-state index in [-0.39, 0.29) is 12.1 Å². The Bertz CT molecular complexity index is 367. The van der Waals surface area contributed by atoms with E-state index < -0.39 is 5.41 Å². The zero-order valence-electron chi connectivity index (χ0n) is 12.1. The monoisotopic (exact) mass is 266 g/mol. The summed E-state index contributed by atoms with van der Waals surface area (Å²) in [4.78, 5) is 28.2. The third-order valence-corrected chi connectivity index (χ3v) is 2.73. The van der Waals surface area contributed by atoms with Gasteiger partial charge in [0, 0.05) is 6.42 Å². The highest BCUT2D eigenvalue weighted by Crippen LogP contribution is 2.32. The van der Waals surface area contributed by atoms with E-state index in [9.17, 15) is 4.79 Å². The summed E-state index contributed by atoms with van der Waals surface area (Å²) in [6, 6.07) is 0. The van der Waals surface area contributed by atoms with Gasteiger partial charge in [-0.1, -0.05) is 19.1 Å². The molecule has 106 valence electrons.